The highest BCUT2D eigenvalue weighted by Gasteiger charge is 2.47. The van der Waals surface area contributed by atoms with Crippen molar-refractivity contribution in [2.24, 2.45) is 5.92 Å². The van der Waals surface area contributed by atoms with Crippen LogP contribution in [0, 0.1) is 5.92 Å². The Bertz CT molecular complexity index is 563. The molecular weight excluding hydrogens is 318 g/mol. The van der Waals surface area contributed by atoms with Crippen LogP contribution < -0.4 is 0 Å². The largest absolute Gasteiger partial charge is 0.445 e. The van der Waals surface area contributed by atoms with E-state index in [0.29, 0.717) is 13.2 Å². The van der Waals surface area contributed by atoms with Crippen molar-refractivity contribution in [1.82, 2.24) is 4.90 Å². The van der Waals surface area contributed by atoms with Crippen LogP contribution in [0.25, 0.3) is 0 Å². The van der Waals surface area contributed by atoms with Crippen LogP contribution in [0.15, 0.2) is 43.0 Å². The Hall–Kier alpha value is -1.85. The molecule has 1 aliphatic rings. The van der Waals surface area contributed by atoms with Gasteiger partial charge in [0.2, 0.25) is 5.24 Å². The van der Waals surface area contributed by atoms with Crippen LogP contribution >= 0.6 is 11.6 Å². The molecule has 1 fully saturated rings. The van der Waals surface area contributed by atoms with Gasteiger partial charge in [-0.3, -0.25) is 9.69 Å². The number of carbonyl (C=O) groups is 2. The van der Waals surface area contributed by atoms with E-state index in [4.69, 9.17) is 21.1 Å². The van der Waals surface area contributed by atoms with Gasteiger partial charge in [0.25, 0.3) is 0 Å². The lowest BCUT2D eigenvalue weighted by Crippen LogP contribution is -2.44. The van der Waals surface area contributed by atoms with Crippen LogP contribution in [-0.2, 0) is 20.9 Å². The fourth-order valence-corrected chi connectivity index (χ4v) is 2.93. The standard InChI is InChI=1S/C17H20ClNO4/c1-3-9-22-17(21)19-10-12(2)15(14(19)16(18)20)23-11-13-7-5-4-6-8-13/h3-8,12,14-15H,1,9-11H2,2H3/t12-,14-,15-/m0/s1. The van der Waals surface area contributed by atoms with E-state index in [9.17, 15) is 9.59 Å². The molecule has 6 heteroatoms. The molecule has 0 bridgehead atoms. The summed E-state index contributed by atoms with van der Waals surface area (Å²) >= 11 is 5.71. The predicted molar refractivity (Wildman–Crippen MR) is 87.1 cm³/mol. The van der Waals surface area contributed by atoms with Gasteiger partial charge in [-0.15, -0.1) is 0 Å². The number of halogens is 1. The van der Waals surface area contributed by atoms with Gasteiger partial charge in [-0.05, 0) is 17.2 Å². The minimum absolute atomic E-state index is 0.0253. The van der Waals surface area contributed by atoms with Gasteiger partial charge in [-0.25, -0.2) is 4.79 Å². The topological polar surface area (TPSA) is 55.8 Å². The first-order valence-electron chi connectivity index (χ1n) is 7.43. The summed E-state index contributed by atoms with van der Waals surface area (Å²) in [6.45, 7) is 6.21. The molecule has 1 aromatic rings. The van der Waals surface area contributed by atoms with Gasteiger partial charge in [-0.1, -0.05) is 49.9 Å². The van der Waals surface area contributed by atoms with Gasteiger partial charge in [0.1, 0.15) is 12.6 Å². The Labute approximate surface area is 140 Å². The molecule has 0 saturated carbocycles. The molecule has 124 valence electrons. The maximum absolute atomic E-state index is 12.1. The van der Waals surface area contributed by atoms with Crippen LogP contribution in [0.5, 0.6) is 0 Å². The lowest BCUT2D eigenvalue weighted by atomic mass is 10.0. The summed E-state index contributed by atoms with van der Waals surface area (Å²) < 4.78 is 10.9. The molecule has 0 N–H and O–H groups in total. The summed E-state index contributed by atoms with van der Waals surface area (Å²) in [5.74, 6) is -0.0253. The molecule has 1 aromatic carbocycles. The van der Waals surface area contributed by atoms with Crippen molar-refractivity contribution in [3.63, 3.8) is 0 Å². The third-order valence-electron chi connectivity index (χ3n) is 3.77. The maximum Gasteiger partial charge on any atom is 0.410 e. The van der Waals surface area contributed by atoms with Crippen LogP contribution in [0.4, 0.5) is 4.79 Å². The molecule has 23 heavy (non-hydrogen) atoms. The molecular formula is C17H20ClNO4. The van der Waals surface area contributed by atoms with Crippen molar-refractivity contribution >= 4 is 22.9 Å². The van der Waals surface area contributed by atoms with E-state index in [0.717, 1.165) is 5.56 Å². The maximum atomic E-state index is 12.1. The van der Waals surface area contributed by atoms with E-state index in [1.165, 1.54) is 11.0 Å². The van der Waals surface area contributed by atoms with E-state index in [2.05, 4.69) is 6.58 Å². The van der Waals surface area contributed by atoms with Crippen LogP contribution in [0.3, 0.4) is 0 Å². The number of benzene rings is 1. The van der Waals surface area contributed by atoms with Crippen molar-refractivity contribution < 1.29 is 19.1 Å². The minimum Gasteiger partial charge on any atom is -0.445 e. The first-order valence-corrected chi connectivity index (χ1v) is 7.81. The van der Waals surface area contributed by atoms with Crippen LogP contribution in [0.1, 0.15) is 12.5 Å². The van der Waals surface area contributed by atoms with E-state index >= 15 is 0 Å². The minimum atomic E-state index is -0.840. The van der Waals surface area contributed by atoms with Gasteiger partial charge in [-0.2, -0.15) is 0 Å². The second kappa shape index (κ2) is 8.13. The molecule has 0 aromatic heterocycles. The van der Waals surface area contributed by atoms with Crippen molar-refractivity contribution in [1.29, 1.82) is 0 Å². The lowest BCUT2D eigenvalue weighted by Gasteiger charge is -2.24. The Morgan fingerprint density at radius 3 is 2.70 bits per heavy atom. The van der Waals surface area contributed by atoms with Crippen molar-refractivity contribution in [2.45, 2.75) is 25.7 Å². The SMILES string of the molecule is C=CCOC(=O)N1C[C@H](C)[C@H](OCc2ccccc2)[C@H]1C(=O)Cl. The molecule has 3 atom stereocenters. The average Bonchev–Trinajstić information content (AvgIpc) is 2.88. The summed E-state index contributed by atoms with van der Waals surface area (Å²) in [5.41, 5.74) is 0.994. The first-order chi connectivity index (χ1) is 11.0. The summed E-state index contributed by atoms with van der Waals surface area (Å²) in [7, 11) is 0. The normalized spacial score (nSPS) is 23.6. The molecule has 1 aliphatic heterocycles. The number of nitrogens with zero attached hydrogens (tertiary/aromatic N) is 1. The van der Waals surface area contributed by atoms with Crippen molar-refractivity contribution in [3.05, 3.63) is 48.6 Å². The first kappa shape index (κ1) is 17.5. The van der Waals surface area contributed by atoms with Crippen LogP contribution in [0.2, 0.25) is 0 Å². The second-order valence-corrected chi connectivity index (χ2v) is 5.88. The summed E-state index contributed by atoms with van der Waals surface area (Å²) in [6, 6.07) is 8.79. The van der Waals surface area contributed by atoms with E-state index in [-0.39, 0.29) is 12.5 Å². The molecule has 2 rings (SSSR count). The Balaban J connectivity index is 2.07. The monoisotopic (exact) mass is 337 g/mol. The average molecular weight is 338 g/mol. The summed E-state index contributed by atoms with van der Waals surface area (Å²) in [6.07, 6.45) is 0.427. The van der Waals surface area contributed by atoms with Gasteiger partial charge >= 0.3 is 6.09 Å². The molecule has 0 aliphatic carbocycles. The fourth-order valence-electron chi connectivity index (χ4n) is 2.69. The summed E-state index contributed by atoms with van der Waals surface area (Å²) in [4.78, 5) is 25.2. The smallest absolute Gasteiger partial charge is 0.410 e. The van der Waals surface area contributed by atoms with E-state index < -0.39 is 23.5 Å². The molecule has 0 radical (unpaired) electrons. The third-order valence-corrected chi connectivity index (χ3v) is 3.99. The zero-order valence-corrected chi connectivity index (χ0v) is 13.7. The molecule has 0 unspecified atom stereocenters. The molecule has 0 spiro atoms. The molecule has 1 amide bonds. The fraction of sp³-hybridized carbons (Fsp3) is 0.412. The van der Waals surface area contributed by atoms with E-state index in [1.807, 2.05) is 37.3 Å². The number of likely N-dealkylation sites (tertiary alicyclic amines) is 1. The zero-order chi connectivity index (χ0) is 16.8. The number of ether oxygens (including phenoxy) is 2. The number of hydrogen-bond acceptors (Lipinski definition) is 4. The van der Waals surface area contributed by atoms with Crippen molar-refractivity contribution in [3.8, 4) is 0 Å². The Kier molecular flexibility index (Phi) is 6.19. The lowest BCUT2D eigenvalue weighted by molar-refractivity contribution is -0.119. The highest BCUT2D eigenvalue weighted by Crippen LogP contribution is 2.29. The van der Waals surface area contributed by atoms with Crippen molar-refractivity contribution in [2.75, 3.05) is 13.2 Å². The third kappa shape index (κ3) is 4.33. The quantitative estimate of drug-likeness (QED) is 0.591. The highest BCUT2D eigenvalue weighted by atomic mass is 35.5. The van der Waals surface area contributed by atoms with E-state index in [1.54, 1.807) is 0 Å². The van der Waals surface area contributed by atoms with Gasteiger partial charge < -0.3 is 9.47 Å². The number of rotatable bonds is 6. The molecule has 1 saturated heterocycles. The molecule has 1 heterocycles. The Morgan fingerprint density at radius 1 is 1.39 bits per heavy atom. The zero-order valence-electron chi connectivity index (χ0n) is 13.0. The van der Waals surface area contributed by atoms with Gasteiger partial charge in [0, 0.05) is 12.5 Å². The number of carbonyl (C=O) groups excluding carboxylic acids is 2. The van der Waals surface area contributed by atoms with Gasteiger partial charge in [0.15, 0.2) is 0 Å². The predicted octanol–water partition coefficient (Wildman–Crippen LogP) is 2.98. The highest BCUT2D eigenvalue weighted by molar-refractivity contribution is 6.65. The number of amides is 1. The van der Waals surface area contributed by atoms with Gasteiger partial charge in [0.05, 0.1) is 12.7 Å². The summed E-state index contributed by atoms with van der Waals surface area (Å²) in [5, 5.41) is -0.622. The Morgan fingerprint density at radius 2 is 2.09 bits per heavy atom. The van der Waals surface area contributed by atoms with Crippen LogP contribution in [-0.4, -0.2) is 41.5 Å². The number of hydrogen-bond donors (Lipinski definition) is 0. The molecule has 5 nitrogen and oxygen atoms in total. The second-order valence-electron chi connectivity index (χ2n) is 5.51.